The van der Waals surface area contributed by atoms with Crippen LogP contribution in [0.2, 0.25) is 5.02 Å². The van der Waals surface area contributed by atoms with Crippen LogP contribution in [0.15, 0.2) is 24.3 Å². The van der Waals surface area contributed by atoms with E-state index in [1.807, 2.05) is 29.2 Å². The van der Waals surface area contributed by atoms with Crippen molar-refractivity contribution in [2.45, 2.75) is 6.42 Å². The quantitative estimate of drug-likeness (QED) is 0.774. The number of nitrogens with zero attached hydrogens (tertiary/aromatic N) is 2. The molecule has 3 rings (SSSR count). The summed E-state index contributed by atoms with van der Waals surface area (Å²) in [5.41, 5.74) is 1.08. The largest absolute Gasteiger partial charge is 0.383 e. The molecule has 2 fully saturated rings. The molecule has 1 aromatic carbocycles. The van der Waals surface area contributed by atoms with Crippen molar-refractivity contribution in [1.29, 1.82) is 0 Å². The summed E-state index contributed by atoms with van der Waals surface area (Å²) >= 11 is 6.05. The molecule has 1 saturated heterocycles. The molecule has 2 atom stereocenters. The summed E-state index contributed by atoms with van der Waals surface area (Å²) < 4.78 is 4.91. The molecule has 1 saturated carbocycles. The normalized spacial score (nSPS) is 22.6. The minimum absolute atomic E-state index is 0.0343. The summed E-state index contributed by atoms with van der Waals surface area (Å²) in [6.45, 7) is 3.90. The van der Waals surface area contributed by atoms with Gasteiger partial charge in [0.05, 0.1) is 18.4 Å². The fourth-order valence-corrected chi connectivity index (χ4v) is 3.44. The first-order chi connectivity index (χ1) is 12.1. The van der Waals surface area contributed by atoms with Gasteiger partial charge in [-0.25, -0.2) is 0 Å². The number of ether oxygens (including phenoxy) is 1. The van der Waals surface area contributed by atoms with Gasteiger partial charge in [-0.1, -0.05) is 17.7 Å². The Bertz CT molecular complexity index is 632. The zero-order valence-corrected chi connectivity index (χ0v) is 15.2. The molecule has 0 spiro atoms. The van der Waals surface area contributed by atoms with E-state index in [0.29, 0.717) is 32.7 Å². The number of halogens is 1. The fraction of sp³-hybridized carbons (Fsp3) is 0.556. The van der Waals surface area contributed by atoms with Crippen molar-refractivity contribution in [3.8, 4) is 0 Å². The van der Waals surface area contributed by atoms with Crippen molar-refractivity contribution in [3.63, 3.8) is 0 Å². The third-order valence-electron chi connectivity index (χ3n) is 4.81. The zero-order valence-electron chi connectivity index (χ0n) is 14.4. The van der Waals surface area contributed by atoms with E-state index in [2.05, 4.69) is 10.2 Å². The highest BCUT2D eigenvalue weighted by Crippen LogP contribution is 2.40. The summed E-state index contributed by atoms with van der Waals surface area (Å²) in [6, 6.07) is 7.77. The molecule has 1 aromatic rings. The summed E-state index contributed by atoms with van der Waals surface area (Å²) in [5.74, 6) is -0.249. The van der Waals surface area contributed by atoms with Crippen molar-refractivity contribution < 1.29 is 14.3 Å². The lowest BCUT2D eigenvalue weighted by Gasteiger charge is -2.36. The Morgan fingerprint density at radius 3 is 2.68 bits per heavy atom. The van der Waals surface area contributed by atoms with Gasteiger partial charge in [-0.15, -0.1) is 0 Å². The van der Waals surface area contributed by atoms with Gasteiger partial charge in [-0.2, -0.15) is 0 Å². The van der Waals surface area contributed by atoms with Gasteiger partial charge < -0.3 is 19.9 Å². The molecule has 0 radical (unpaired) electrons. The molecule has 136 valence electrons. The maximum atomic E-state index is 12.6. The fourth-order valence-electron chi connectivity index (χ4n) is 3.26. The monoisotopic (exact) mass is 365 g/mol. The second-order valence-corrected chi connectivity index (χ2v) is 6.96. The van der Waals surface area contributed by atoms with Crippen LogP contribution in [0.3, 0.4) is 0 Å². The van der Waals surface area contributed by atoms with Gasteiger partial charge >= 0.3 is 0 Å². The number of carbonyl (C=O) groups excluding carboxylic acids is 2. The van der Waals surface area contributed by atoms with Gasteiger partial charge in [0.1, 0.15) is 0 Å². The van der Waals surface area contributed by atoms with E-state index < -0.39 is 0 Å². The molecule has 2 aliphatic rings. The predicted molar refractivity (Wildman–Crippen MR) is 96.7 cm³/mol. The Morgan fingerprint density at radius 1 is 1.24 bits per heavy atom. The Balaban J connectivity index is 1.46. The number of piperazine rings is 1. The Labute approximate surface area is 153 Å². The summed E-state index contributed by atoms with van der Waals surface area (Å²) in [4.78, 5) is 28.7. The second-order valence-electron chi connectivity index (χ2n) is 6.52. The summed E-state index contributed by atoms with van der Waals surface area (Å²) in [7, 11) is 1.60. The average Bonchev–Trinajstić information content (AvgIpc) is 3.42. The minimum Gasteiger partial charge on any atom is -0.383 e. The van der Waals surface area contributed by atoms with Crippen molar-refractivity contribution >= 4 is 29.1 Å². The van der Waals surface area contributed by atoms with Gasteiger partial charge in [0, 0.05) is 50.5 Å². The molecule has 25 heavy (non-hydrogen) atoms. The molecule has 7 heteroatoms. The third kappa shape index (κ3) is 4.44. The molecule has 0 aromatic heterocycles. The standard InChI is InChI=1S/C18H24ClN3O3/c1-25-10-5-20-17(23)15-12-16(15)18(24)22-8-6-21(7-9-22)14-4-2-3-13(19)11-14/h2-4,11,15-16H,5-10,12H2,1H3,(H,20,23). The van der Waals surface area contributed by atoms with E-state index in [0.717, 1.165) is 23.8 Å². The van der Waals surface area contributed by atoms with E-state index in [-0.39, 0.29) is 23.7 Å². The molecule has 2 unspecified atom stereocenters. The van der Waals surface area contributed by atoms with E-state index in [1.54, 1.807) is 7.11 Å². The van der Waals surface area contributed by atoms with Gasteiger partial charge in [0.2, 0.25) is 11.8 Å². The van der Waals surface area contributed by atoms with Crippen LogP contribution < -0.4 is 10.2 Å². The summed E-state index contributed by atoms with van der Waals surface area (Å²) in [6.07, 6.45) is 0.659. The third-order valence-corrected chi connectivity index (χ3v) is 5.05. The maximum Gasteiger partial charge on any atom is 0.226 e. The van der Waals surface area contributed by atoms with Crippen LogP contribution in [0.4, 0.5) is 5.69 Å². The number of methoxy groups -OCH3 is 1. The predicted octanol–water partition coefficient (Wildman–Crippen LogP) is 1.39. The smallest absolute Gasteiger partial charge is 0.226 e. The molecule has 1 heterocycles. The van der Waals surface area contributed by atoms with Gasteiger partial charge in [0.25, 0.3) is 0 Å². The van der Waals surface area contributed by atoms with E-state index in [1.165, 1.54) is 0 Å². The zero-order chi connectivity index (χ0) is 17.8. The first kappa shape index (κ1) is 18.0. The Morgan fingerprint density at radius 2 is 2.00 bits per heavy atom. The maximum absolute atomic E-state index is 12.6. The second kappa shape index (κ2) is 8.06. The van der Waals surface area contributed by atoms with E-state index in [4.69, 9.17) is 16.3 Å². The van der Waals surface area contributed by atoms with Crippen LogP contribution in [0.25, 0.3) is 0 Å². The number of amides is 2. The molecular formula is C18H24ClN3O3. The van der Waals surface area contributed by atoms with Gasteiger partial charge in [-0.3, -0.25) is 9.59 Å². The number of hydrogen-bond donors (Lipinski definition) is 1. The topological polar surface area (TPSA) is 61.9 Å². The molecule has 0 bridgehead atoms. The van der Waals surface area contributed by atoms with Crippen LogP contribution in [0.1, 0.15) is 6.42 Å². The first-order valence-electron chi connectivity index (χ1n) is 8.66. The van der Waals surface area contributed by atoms with Gasteiger partial charge in [0.15, 0.2) is 0 Å². The highest BCUT2D eigenvalue weighted by Gasteiger charge is 2.49. The SMILES string of the molecule is COCCNC(=O)C1CC1C(=O)N1CCN(c2cccc(Cl)c2)CC1. The summed E-state index contributed by atoms with van der Waals surface area (Å²) in [5, 5.41) is 3.53. The lowest BCUT2D eigenvalue weighted by Crippen LogP contribution is -2.49. The van der Waals surface area contributed by atoms with Crippen molar-refractivity contribution in [2.75, 3.05) is 51.3 Å². The molecule has 1 aliphatic heterocycles. The number of hydrogen-bond acceptors (Lipinski definition) is 4. The highest BCUT2D eigenvalue weighted by molar-refractivity contribution is 6.30. The van der Waals surface area contributed by atoms with Crippen LogP contribution in [0, 0.1) is 11.8 Å². The molecule has 1 N–H and O–H groups in total. The minimum atomic E-state index is -0.171. The van der Waals surface area contributed by atoms with Crippen LogP contribution in [0.5, 0.6) is 0 Å². The van der Waals surface area contributed by atoms with Crippen LogP contribution >= 0.6 is 11.6 Å². The van der Waals surface area contributed by atoms with Crippen molar-refractivity contribution in [1.82, 2.24) is 10.2 Å². The Hall–Kier alpha value is -1.79. The van der Waals surface area contributed by atoms with Gasteiger partial charge in [-0.05, 0) is 24.6 Å². The molecule has 6 nitrogen and oxygen atoms in total. The number of benzene rings is 1. The van der Waals surface area contributed by atoms with Crippen LogP contribution in [-0.4, -0.2) is 63.2 Å². The van der Waals surface area contributed by atoms with E-state index in [9.17, 15) is 9.59 Å². The highest BCUT2D eigenvalue weighted by atomic mass is 35.5. The van der Waals surface area contributed by atoms with Crippen molar-refractivity contribution in [2.24, 2.45) is 11.8 Å². The average molecular weight is 366 g/mol. The number of carbonyl (C=O) groups is 2. The number of anilines is 1. The number of nitrogens with one attached hydrogen (secondary N) is 1. The molecule has 2 amide bonds. The first-order valence-corrected chi connectivity index (χ1v) is 9.04. The molecular weight excluding hydrogens is 342 g/mol. The van der Waals surface area contributed by atoms with Crippen molar-refractivity contribution in [3.05, 3.63) is 29.3 Å². The number of rotatable bonds is 6. The lowest BCUT2D eigenvalue weighted by atomic mass is 10.2. The van der Waals surface area contributed by atoms with Crippen LogP contribution in [-0.2, 0) is 14.3 Å². The van der Waals surface area contributed by atoms with E-state index >= 15 is 0 Å². The Kier molecular flexibility index (Phi) is 5.81. The lowest BCUT2D eigenvalue weighted by molar-refractivity contribution is -0.135. The molecule has 1 aliphatic carbocycles.